The Bertz CT molecular complexity index is 649. The summed E-state index contributed by atoms with van der Waals surface area (Å²) in [6.07, 6.45) is 2.40. The Kier molecular flexibility index (Phi) is 6.86. The maximum Gasteiger partial charge on any atom is 0.306 e. The maximum absolute atomic E-state index is 12.0. The number of hydrogen-bond donors (Lipinski definition) is 0. The van der Waals surface area contributed by atoms with Crippen LogP contribution in [0.25, 0.3) is 0 Å². The topological polar surface area (TPSA) is 35.5 Å². The van der Waals surface area contributed by atoms with E-state index >= 15 is 0 Å². The van der Waals surface area contributed by atoms with Crippen molar-refractivity contribution in [3.8, 4) is 5.75 Å². The van der Waals surface area contributed by atoms with Crippen molar-refractivity contribution < 1.29 is 14.3 Å². The van der Waals surface area contributed by atoms with Crippen LogP contribution in [0.3, 0.4) is 0 Å². The van der Waals surface area contributed by atoms with Crippen molar-refractivity contribution in [1.82, 2.24) is 0 Å². The average Bonchev–Trinajstić information content (AvgIpc) is 2.61. The Morgan fingerprint density at radius 2 is 1.88 bits per heavy atom. The van der Waals surface area contributed by atoms with Crippen LogP contribution in [0.5, 0.6) is 5.75 Å². The van der Waals surface area contributed by atoms with E-state index < -0.39 is 0 Å². The van der Waals surface area contributed by atoms with E-state index in [1.807, 2.05) is 42.5 Å². The summed E-state index contributed by atoms with van der Waals surface area (Å²) in [5, 5.41) is 0. The summed E-state index contributed by atoms with van der Waals surface area (Å²) in [7, 11) is 1.43. The fourth-order valence-corrected chi connectivity index (χ4v) is 2.74. The molecule has 0 saturated carbocycles. The van der Waals surface area contributed by atoms with Crippen molar-refractivity contribution in [2.24, 2.45) is 0 Å². The Morgan fingerprint density at radius 1 is 1.12 bits per heavy atom. The summed E-state index contributed by atoms with van der Waals surface area (Å²) in [4.78, 5) is 12.0. The van der Waals surface area contributed by atoms with Crippen LogP contribution in [-0.4, -0.2) is 19.7 Å². The summed E-state index contributed by atoms with van der Waals surface area (Å²) in [6.45, 7) is 4.88. The van der Waals surface area contributed by atoms with Gasteiger partial charge in [0.05, 0.1) is 20.1 Å². The largest absolute Gasteiger partial charge is 0.493 e. The zero-order chi connectivity index (χ0) is 17.4. The number of hydrogen-bond acceptors (Lipinski definition) is 3. The van der Waals surface area contributed by atoms with Gasteiger partial charge in [-0.1, -0.05) is 61.4 Å². The molecular formula is C21H26O3. The number of esters is 1. The number of aryl methyl sites for hydroxylation is 1. The molecule has 2 rings (SSSR count). The predicted molar refractivity (Wildman–Crippen MR) is 96.5 cm³/mol. The van der Waals surface area contributed by atoms with E-state index in [0.717, 1.165) is 35.3 Å². The third-order valence-electron chi connectivity index (χ3n) is 4.10. The van der Waals surface area contributed by atoms with Crippen molar-refractivity contribution in [3.05, 3.63) is 65.2 Å². The van der Waals surface area contributed by atoms with Gasteiger partial charge < -0.3 is 9.47 Å². The van der Waals surface area contributed by atoms with Crippen LogP contribution >= 0.6 is 0 Å². The van der Waals surface area contributed by atoms with Gasteiger partial charge in [-0.05, 0) is 25.0 Å². The molecule has 0 fully saturated rings. The lowest BCUT2D eigenvalue weighted by Gasteiger charge is -2.21. The van der Waals surface area contributed by atoms with E-state index in [1.165, 1.54) is 7.11 Å². The highest BCUT2D eigenvalue weighted by molar-refractivity contribution is 5.71. The van der Waals surface area contributed by atoms with Crippen LogP contribution in [0, 0.1) is 6.92 Å². The molecule has 0 heterocycles. The van der Waals surface area contributed by atoms with Crippen LogP contribution < -0.4 is 4.74 Å². The SMILES string of the molecule is CCCCOc1ccc(C)cc1C(CC(=O)OC)c1ccccc1. The predicted octanol–water partition coefficient (Wildman–Crippen LogP) is 4.87. The van der Waals surface area contributed by atoms with Gasteiger partial charge in [-0.15, -0.1) is 0 Å². The lowest BCUT2D eigenvalue weighted by Crippen LogP contribution is -2.12. The quantitative estimate of drug-likeness (QED) is 0.513. The van der Waals surface area contributed by atoms with E-state index in [1.54, 1.807) is 0 Å². The van der Waals surface area contributed by atoms with Gasteiger partial charge in [-0.2, -0.15) is 0 Å². The molecule has 0 radical (unpaired) electrons. The maximum atomic E-state index is 12.0. The monoisotopic (exact) mass is 326 g/mol. The molecular weight excluding hydrogens is 300 g/mol. The minimum atomic E-state index is -0.218. The fraction of sp³-hybridized carbons (Fsp3) is 0.381. The van der Waals surface area contributed by atoms with E-state index in [2.05, 4.69) is 19.9 Å². The molecule has 3 nitrogen and oxygen atoms in total. The molecule has 0 aromatic heterocycles. The Morgan fingerprint density at radius 3 is 2.54 bits per heavy atom. The van der Waals surface area contributed by atoms with Gasteiger partial charge in [0.25, 0.3) is 0 Å². The first-order valence-corrected chi connectivity index (χ1v) is 8.50. The number of methoxy groups -OCH3 is 1. The first-order chi connectivity index (χ1) is 11.7. The fourth-order valence-electron chi connectivity index (χ4n) is 2.74. The van der Waals surface area contributed by atoms with E-state index in [-0.39, 0.29) is 11.9 Å². The molecule has 0 aliphatic heterocycles. The molecule has 24 heavy (non-hydrogen) atoms. The lowest BCUT2D eigenvalue weighted by molar-refractivity contribution is -0.140. The van der Waals surface area contributed by atoms with Gasteiger partial charge in [0.1, 0.15) is 5.75 Å². The van der Waals surface area contributed by atoms with Crippen LogP contribution in [0.1, 0.15) is 48.8 Å². The molecule has 0 spiro atoms. The molecule has 3 heteroatoms. The highest BCUT2D eigenvalue weighted by Gasteiger charge is 2.22. The number of benzene rings is 2. The number of ether oxygens (including phenoxy) is 2. The van der Waals surface area contributed by atoms with Crippen molar-refractivity contribution in [2.75, 3.05) is 13.7 Å². The minimum absolute atomic E-state index is 0.0739. The van der Waals surface area contributed by atoms with Crippen LogP contribution in [0.2, 0.25) is 0 Å². The minimum Gasteiger partial charge on any atom is -0.493 e. The lowest BCUT2D eigenvalue weighted by atomic mass is 9.87. The van der Waals surface area contributed by atoms with Crippen LogP contribution in [-0.2, 0) is 9.53 Å². The normalized spacial score (nSPS) is 11.8. The molecule has 1 atom stereocenters. The highest BCUT2D eigenvalue weighted by Crippen LogP contribution is 2.35. The number of carbonyl (C=O) groups is 1. The zero-order valence-electron chi connectivity index (χ0n) is 14.7. The van der Waals surface area contributed by atoms with Crippen molar-refractivity contribution in [3.63, 3.8) is 0 Å². The Labute approximate surface area is 144 Å². The van der Waals surface area contributed by atoms with Crippen molar-refractivity contribution >= 4 is 5.97 Å². The second-order valence-electron chi connectivity index (χ2n) is 5.99. The molecule has 2 aromatic carbocycles. The molecule has 1 unspecified atom stereocenters. The molecule has 0 saturated heterocycles. The van der Waals surface area contributed by atoms with Crippen LogP contribution in [0.4, 0.5) is 0 Å². The molecule has 0 N–H and O–H groups in total. The summed E-state index contributed by atoms with van der Waals surface area (Å²) >= 11 is 0. The first-order valence-electron chi connectivity index (χ1n) is 8.50. The number of unbranched alkanes of at least 4 members (excludes halogenated alkanes) is 1. The molecule has 0 aliphatic carbocycles. The first kappa shape index (κ1) is 18.1. The second-order valence-corrected chi connectivity index (χ2v) is 5.99. The van der Waals surface area contributed by atoms with Gasteiger partial charge in [0.15, 0.2) is 0 Å². The molecule has 0 amide bonds. The smallest absolute Gasteiger partial charge is 0.306 e. The van der Waals surface area contributed by atoms with E-state index in [4.69, 9.17) is 9.47 Å². The van der Waals surface area contributed by atoms with Gasteiger partial charge >= 0.3 is 5.97 Å². The average molecular weight is 326 g/mol. The third-order valence-corrected chi connectivity index (χ3v) is 4.10. The highest BCUT2D eigenvalue weighted by atomic mass is 16.5. The summed E-state index contributed by atoms with van der Waals surface area (Å²) in [6, 6.07) is 16.2. The summed E-state index contributed by atoms with van der Waals surface area (Å²) in [5.41, 5.74) is 3.29. The zero-order valence-corrected chi connectivity index (χ0v) is 14.7. The third kappa shape index (κ3) is 4.85. The Balaban J connectivity index is 2.40. The van der Waals surface area contributed by atoms with Gasteiger partial charge in [0, 0.05) is 11.5 Å². The van der Waals surface area contributed by atoms with Crippen LogP contribution in [0.15, 0.2) is 48.5 Å². The summed E-state index contributed by atoms with van der Waals surface area (Å²) < 4.78 is 10.9. The Hall–Kier alpha value is -2.29. The standard InChI is InChI=1S/C21H26O3/c1-4-5-13-24-20-12-11-16(2)14-19(20)18(15-21(22)23-3)17-9-7-6-8-10-17/h6-12,14,18H,4-5,13,15H2,1-3H3. The number of carbonyl (C=O) groups excluding carboxylic acids is 1. The molecule has 2 aromatic rings. The molecule has 0 bridgehead atoms. The van der Waals surface area contributed by atoms with E-state index in [9.17, 15) is 4.79 Å². The molecule has 128 valence electrons. The summed E-state index contributed by atoms with van der Waals surface area (Å²) in [5.74, 6) is 0.562. The van der Waals surface area contributed by atoms with Gasteiger partial charge in [-0.3, -0.25) is 4.79 Å². The van der Waals surface area contributed by atoms with Crippen molar-refractivity contribution in [1.29, 1.82) is 0 Å². The second kappa shape index (κ2) is 9.11. The molecule has 0 aliphatic rings. The number of rotatable bonds is 8. The van der Waals surface area contributed by atoms with E-state index in [0.29, 0.717) is 13.0 Å². The van der Waals surface area contributed by atoms with Gasteiger partial charge in [-0.25, -0.2) is 0 Å². The van der Waals surface area contributed by atoms with Gasteiger partial charge in [0.2, 0.25) is 0 Å². The van der Waals surface area contributed by atoms with Crippen molar-refractivity contribution in [2.45, 2.75) is 39.0 Å².